The smallest absolute Gasteiger partial charge is 0.225 e. The first kappa shape index (κ1) is 22.8. The van der Waals surface area contributed by atoms with Gasteiger partial charge < -0.3 is 14.5 Å². The standard InChI is InChI=1S/C27H34N4O3/c1-17-13-18(2)24-22(14-17)23(32)16-27(34-24)7-11-30(12-8-27)25(33)21-5-9-31(10-6-21)26-28-19(3)15-20(4)29-26/h13-15,21H,5-12,16H2,1-4H3. The van der Waals surface area contributed by atoms with Crippen molar-refractivity contribution in [3.8, 4) is 5.75 Å². The number of rotatable bonds is 2. The van der Waals surface area contributed by atoms with E-state index in [9.17, 15) is 9.59 Å². The lowest BCUT2D eigenvalue weighted by atomic mass is 9.81. The first-order valence-electron chi connectivity index (χ1n) is 12.4. The molecule has 0 radical (unpaired) electrons. The van der Waals surface area contributed by atoms with Gasteiger partial charge in [-0.15, -0.1) is 0 Å². The molecular weight excluding hydrogens is 428 g/mol. The zero-order valence-corrected chi connectivity index (χ0v) is 20.7. The summed E-state index contributed by atoms with van der Waals surface area (Å²) in [6.45, 7) is 10.9. The largest absolute Gasteiger partial charge is 0.486 e. The molecule has 3 aliphatic rings. The van der Waals surface area contributed by atoms with Gasteiger partial charge in [0, 0.05) is 56.3 Å². The molecule has 5 rings (SSSR count). The molecule has 1 amide bonds. The highest BCUT2D eigenvalue weighted by Gasteiger charge is 2.45. The van der Waals surface area contributed by atoms with Gasteiger partial charge in [0.2, 0.25) is 11.9 Å². The van der Waals surface area contributed by atoms with Crippen LogP contribution >= 0.6 is 0 Å². The molecule has 0 atom stereocenters. The Kier molecular flexibility index (Phi) is 5.82. The van der Waals surface area contributed by atoms with Crippen LogP contribution in [0.3, 0.4) is 0 Å². The van der Waals surface area contributed by atoms with Crippen molar-refractivity contribution in [1.29, 1.82) is 0 Å². The van der Waals surface area contributed by atoms with Crippen LogP contribution in [0, 0.1) is 33.6 Å². The van der Waals surface area contributed by atoms with Crippen LogP contribution in [-0.4, -0.2) is 58.3 Å². The summed E-state index contributed by atoms with van der Waals surface area (Å²) in [5.41, 5.74) is 4.27. The second-order valence-corrected chi connectivity index (χ2v) is 10.4. The summed E-state index contributed by atoms with van der Waals surface area (Å²) >= 11 is 0. The summed E-state index contributed by atoms with van der Waals surface area (Å²) in [6.07, 6.45) is 3.44. The minimum absolute atomic E-state index is 0.0380. The van der Waals surface area contributed by atoms with Gasteiger partial charge in [0.1, 0.15) is 11.4 Å². The van der Waals surface area contributed by atoms with E-state index in [1.165, 1.54) is 0 Å². The van der Waals surface area contributed by atoms with Gasteiger partial charge in [-0.05, 0) is 63.8 Å². The normalized spacial score (nSPS) is 20.3. The third-order valence-electron chi connectivity index (χ3n) is 7.60. The highest BCUT2D eigenvalue weighted by molar-refractivity contribution is 6.01. The lowest BCUT2D eigenvalue weighted by Gasteiger charge is -2.45. The van der Waals surface area contributed by atoms with Gasteiger partial charge in [-0.2, -0.15) is 0 Å². The number of hydrogen-bond donors (Lipinski definition) is 0. The van der Waals surface area contributed by atoms with Gasteiger partial charge in [0.05, 0.1) is 12.0 Å². The number of carbonyl (C=O) groups is 2. The van der Waals surface area contributed by atoms with Crippen LogP contribution in [0.5, 0.6) is 5.75 Å². The maximum atomic E-state index is 13.3. The van der Waals surface area contributed by atoms with Crippen LogP contribution < -0.4 is 9.64 Å². The number of anilines is 1. The second kappa shape index (κ2) is 8.67. The van der Waals surface area contributed by atoms with Crippen LogP contribution in [0.4, 0.5) is 5.95 Å². The summed E-state index contributed by atoms with van der Waals surface area (Å²) < 4.78 is 6.49. The van der Waals surface area contributed by atoms with E-state index in [0.717, 1.165) is 60.1 Å². The first-order valence-corrected chi connectivity index (χ1v) is 12.4. The number of piperidine rings is 2. The third-order valence-corrected chi connectivity index (χ3v) is 7.60. The average Bonchev–Trinajstić information content (AvgIpc) is 2.80. The van der Waals surface area contributed by atoms with Gasteiger partial charge >= 0.3 is 0 Å². The number of Topliss-reactive ketones (excluding diaryl/α,β-unsaturated/α-hetero) is 1. The van der Waals surface area contributed by atoms with Crippen molar-refractivity contribution in [2.24, 2.45) is 5.92 Å². The van der Waals surface area contributed by atoms with E-state index in [1.807, 2.05) is 44.7 Å². The summed E-state index contributed by atoms with van der Waals surface area (Å²) in [4.78, 5) is 39.6. The maximum absolute atomic E-state index is 13.3. The minimum atomic E-state index is -0.482. The molecule has 4 heterocycles. The van der Waals surface area contributed by atoms with Crippen molar-refractivity contribution in [3.63, 3.8) is 0 Å². The molecule has 34 heavy (non-hydrogen) atoms. The predicted molar refractivity (Wildman–Crippen MR) is 130 cm³/mol. The molecule has 2 aromatic rings. The molecule has 1 aromatic heterocycles. The fraction of sp³-hybridized carbons (Fsp3) is 0.556. The van der Waals surface area contributed by atoms with E-state index in [4.69, 9.17) is 4.74 Å². The van der Waals surface area contributed by atoms with Crippen molar-refractivity contribution in [1.82, 2.24) is 14.9 Å². The van der Waals surface area contributed by atoms with Gasteiger partial charge in [0.15, 0.2) is 5.78 Å². The Hall–Kier alpha value is -2.96. The SMILES string of the molecule is Cc1cc(C)c2c(c1)C(=O)CC1(CCN(C(=O)C3CCN(c4nc(C)cc(C)n4)CC3)CC1)O2. The third kappa shape index (κ3) is 4.28. The Bertz CT molecular complexity index is 1110. The monoisotopic (exact) mass is 462 g/mol. The molecule has 7 nitrogen and oxygen atoms in total. The average molecular weight is 463 g/mol. The van der Waals surface area contributed by atoms with E-state index >= 15 is 0 Å². The van der Waals surface area contributed by atoms with E-state index in [0.29, 0.717) is 37.9 Å². The fourth-order valence-electron chi connectivity index (χ4n) is 5.78. The molecule has 1 aromatic carbocycles. The molecule has 1 spiro atoms. The number of amides is 1. The first-order chi connectivity index (χ1) is 16.2. The van der Waals surface area contributed by atoms with Crippen molar-refractivity contribution in [2.75, 3.05) is 31.1 Å². The van der Waals surface area contributed by atoms with Crippen LogP contribution in [0.25, 0.3) is 0 Å². The van der Waals surface area contributed by atoms with Gasteiger partial charge in [-0.25, -0.2) is 9.97 Å². The number of aromatic nitrogens is 2. The van der Waals surface area contributed by atoms with E-state index in [1.54, 1.807) is 0 Å². The van der Waals surface area contributed by atoms with E-state index in [2.05, 4.69) is 20.9 Å². The molecule has 0 unspecified atom stereocenters. The Morgan fingerprint density at radius 2 is 1.62 bits per heavy atom. The number of likely N-dealkylation sites (tertiary alicyclic amines) is 1. The Balaban J connectivity index is 1.19. The lowest BCUT2D eigenvalue weighted by molar-refractivity contribution is -0.139. The second-order valence-electron chi connectivity index (χ2n) is 10.4. The highest BCUT2D eigenvalue weighted by Crippen LogP contribution is 2.41. The number of aryl methyl sites for hydroxylation is 4. The number of nitrogens with zero attached hydrogens (tertiary/aromatic N) is 4. The van der Waals surface area contributed by atoms with E-state index in [-0.39, 0.29) is 17.6 Å². The predicted octanol–water partition coefficient (Wildman–Crippen LogP) is 3.95. The molecule has 0 N–H and O–H groups in total. The van der Waals surface area contributed by atoms with Crippen LogP contribution in [-0.2, 0) is 4.79 Å². The number of benzene rings is 1. The summed E-state index contributed by atoms with van der Waals surface area (Å²) in [5, 5.41) is 0. The number of fused-ring (bicyclic) bond motifs is 1. The quantitative estimate of drug-likeness (QED) is 0.673. The van der Waals surface area contributed by atoms with Gasteiger partial charge in [-0.1, -0.05) is 6.07 Å². The maximum Gasteiger partial charge on any atom is 0.225 e. The van der Waals surface area contributed by atoms with Gasteiger partial charge in [0.25, 0.3) is 0 Å². The van der Waals surface area contributed by atoms with E-state index < -0.39 is 5.60 Å². The summed E-state index contributed by atoms with van der Waals surface area (Å²) in [6, 6.07) is 5.98. The number of hydrogen-bond acceptors (Lipinski definition) is 6. The fourth-order valence-corrected chi connectivity index (χ4v) is 5.78. The van der Waals surface area contributed by atoms with Crippen LogP contribution in [0.15, 0.2) is 18.2 Å². The number of carbonyl (C=O) groups excluding carboxylic acids is 2. The Morgan fingerprint density at radius 1 is 0.971 bits per heavy atom. The van der Waals surface area contributed by atoms with Crippen LogP contribution in [0.2, 0.25) is 0 Å². The summed E-state index contributed by atoms with van der Waals surface area (Å²) in [5.74, 6) is 1.95. The van der Waals surface area contributed by atoms with Crippen molar-refractivity contribution < 1.29 is 14.3 Å². The molecule has 180 valence electrons. The summed E-state index contributed by atoms with van der Waals surface area (Å²) in [7, 11) is 0. The van der Waals surface area contributed by atoms with Gasteiger partial charge in [-0.3, -0.25) is 9.59 Å². The topological polar surface area (TPSA) is 75.6 Å². The number of ketones is 1. The zero-order chi connectivity index (χ0) is 24.0. The zero-order valence-electron chi connectivity index (χ0n) is 20.7. The molecule has 2 fully saturated rings. The Labute approximate surface area is 201 Å². The minimum Gasteiger partial charge on any atom is -0.486 e. The molecule has 2 saturated heterocycles. The molecular formula is C27H34N4O3. The van der Waals surface area contributed by atoms with Crippen molar-refractivity contribution >= 4 is 17.6 Å². The molecule has 0 aliphatic carbocycles. The van der Waals surface area contributed by atoms with Crippen LogP contribution in [0.1, 0.15) is 65.0 Å². The van der Waals surface area contributed by atoms with Crippen molar-refractivity contribution in [3.05, 3.63) is 46.3 Å². The highest BCUT2D eigenvalue weighted by atomic mass is 16.5. The van der Waals surface area contributed by atoms with Crippen molar-refractivity contribution in [2.45, 2.75) is 65.4 Å². The molecule has 0 bridgehead atoms. The Morgan fingerprint density at radius 3 is 2.26 bits per heavy atom. The lowest BCUT2D eigenvalue weighted by Crippen LogP contribution is -2.54. The molecule has 7 heteroatoms. The number of ether oxygens (including phenoxy) is 1. The molecule has 3 aliphatic heterocycles. The molecule has 0 saturated carbocycles.